The van der Waals surface area contributed by atoms with Gasteiger partial charge in [0.15, 0.2) is 0 Å². The predicted octanol–water partition coefficient (Wildman–Crippen LogP) is 5.23. The molecule has 0 aliphatic rings. The zero-order valence-corrected chi connectivity index (χ0v) is 11.5. The van der Waals surface area contributed by atoms with Crippen molar-refractivity contribution >= 4 is 0 Å². The average molecular weight is 237 g/mol. The topological polar surface area (TPSA) is 0 Å². The first-order valence-electron chi connectivity index (χ1n) is 6.86. The third-order valence-electron chi connectivity index (χ3n) is 3.68. The molecular weight excluding hydrogens is 216 g/mol. The minimum atomic E-state index is 0.590. The van der Waals surface area contributed by atoms with Crippen molar-refractivity contribution in [1.29, 1.82) is 0 Å². The monoisotopic (exact) mass is 237 g/mol. The first-order chi connectivity index (χ1) is 8.77. The van der Waals surface area contributed by atoms with Crippen LogP contribution < -0.4 is 0 Å². The van der Waals surface area contributed by atoms with Crippen molar-refractivity contribution in [1.82, 2.24) is 0 Å². The number of aryl methyl sites for hydroxylation is 1. The average Bonchev–Trinajstić information content (AvgIpc) is 2.46. The zero-order valence-electron chi connectivity index (χ0n) is 11.5. The van der Waals surface area contributed by atoms with Crippen molar-refractivity contribution in [3.8, 4) is 11.1 Å². The summed E-state index contributed by atoms with van der Waals surface area (Å²) < 4.78 is 0. The van der Waals surface area contributed by atoms with Gasteiger partial charge in [0, 0.05) is 0 Å². The number of benzene rings is 2. The maximum atomic E-state index is 3.44. The summed E-state index contributed by atoms with van der Waals surface area (Å²) in [6.45, 7) is 6.80. The third kappa shape index (κ3) is 2.48. The van der Waals surface area contributed by atoms with E-state index in [1.807, 2.05) is 0 Å². The van der Waals surface area contributed by atoms with Crippen molar-refractivity contribution in [2.24, 2.45) is 0 Å². The Labute approximate surface area is 111 Å². The van der Waals surface area contributed by atoms with Crippen molar-refractivity contribution in [3.63, 3.8) is 0 Å². The van der Waals surface area contributed by atoms with Crippen molar-refractivity contribution in [2.75, 3.05) is 0 Å². The van der Waals surface area contributed by atoms with Gasteiger partial charge in [-0.2, -0.15) is 0 Å². The molecule has 93 valence electrons. The molecule has 0 spiro atoms. The molecule has 18 heavy (non-hydrogen) atoms. The second-order valence-corrected chi connectivity index (χ2v) is 4.82. The molecule has 0 nitrogen and oxygen atoms in total. The van der Waals surface area contributed by atoms with Crippen LogP contribution in [0.5, 0.6) is 0 Å². The van der Waals surface area contributed by atoms with Gasteiger partial charge in [-0.3, -0.25) is 0 Å². The van der Waals surface area contributed by atoms with E-state index in [4.69, 9.17) is 0 Å². The molecule has 0 aromatic heterocycles. The molecular formula is C18H21. The smallest absolute Gasteiger partial charge is 0.00676 e. The summed E-state index contributed by atoms with van der Waals surface area (Å²) in [4.78, 5) is 0. The summed E-state index contributed by atoms with van der Waals surface area (Å²) in [6.07, 6.45) is 2.26. The molecule has 2 aromatic carbocycles. The molecule has 0 saturated carbocycles. The van der Waals surface area contributed by atoms with Crippen LogP contribution in [0.25, 0.3) is 11.1 Å². The van der Waals surface area contributed by atoms with Crippen LogP contribution in [0.1, 0.15) is 44.2 Å². The van der Waals surface area contributed by atoms with Crippen LogP contribution >= 0.6 is 0 Å². The molecule has 0 saturated heterocycles. The molecule has 0 aliphatic heterocycles. The molecule has 2 rings (SSSR count). The Morgan fingerprint density at radius 1 is 1.06 bits per heavy atom. The van der Waals surface area contributed by atoms with Gasteiger partial charge >= 0.3 is 0 Å². The van der Waals surface area contributed by atoms with E-state index in [0.717, 1.165) is 6.42 Å². The van der Waals surface area contributed by atoms with E-state index in [1.165, 1.54) is 28.7 Å². The molecule has 0 N–H and O–H groups in total. The minimum Gasteiger partial charge on any atom is -0.0648 e. The molecule has 0 heteroatoms. The minimum absolute atomic E-state index is 0.590. The highest BCUT2D eigenvalue weighted by Gasteiger charge is 2.14. The van der Waals surface area contributed by atoms with E-state index in [2.05, 4.69) is 69.3 Å². The summed E-state index contributed by atoms with van der Waals surface area (Å²) in [6, 6.07) is 18.3. The Bertz CT molecular complexity index is 497. The van der Waals surface area contributed by atoms with E-state index in [-0.39, 0.29) is 0 Å². The van der Waals surface area contributed by atoms with Gasteiger partial charge in [0.1, 0.15) is 0 Å². The van der Waals surface area contributed by atoms with Crippen molar-refractivity contribution in [3.05, 3.63) is 59.7 Å². The normalized spacial score (nSPS) is 12.4. The Morgan fingerprint density at radius 3 is 2.39 bits per heavy atom. The fraction of sp³-hybridized carbons (Fsp3) is 0.333. The molecule has 0 amide bonds. The molecule has 0 bridgehead atoms. The van der Waals surface area contributed by atoms with Crippen LogP contribution in [-0.4, -0.2) is 0 Å². The van der Waals surface area contributed by atoms with Gasteiger partial charge in [-0.25, -0.2) is 0 Å². The quantitative estimate of drug-likeness (QED) is 0.683. The first-order valence-corrected chi connectivity index (χ1v) is 6.86. The summed E-state index contributed by atoms with van der Waals surface area (Å²) in [5.74, 6) is 0.590. The summed E-state index contributed by atoms with van der Waals surface area (Å²) in [5, 5.41) is 0. The van der Waals surface area contributed by atoms with Gasteiger partial charge in [0.05, 0.1) is 0 Å². The highest BCUT2D eigenvalue weighted by molar-refractivity contribution is 5.69. The van der Waals surface area contributed by atoms with Crippen LogP contribution in [-0.2, 0) is 6.42 Å². The molecule has 0 heterocycles. The second kappa shape index (κ2) is 5.86. The molecule has 1 unspecified atom stereocenters. The highest BCUT2D eigenvalue weighted by atomic mass is 14.2. The van der Waals surface area contributed by atoms with Crippen LogP contribution in [0.2, 0.25) is 0 Å². The lowest BCUT2D eigenvalue weighted by molar-refractivity contribution is 0.725. The van der Waals surface area contributed by atoms with E-state index >= 15 is 0 Å². The maximum Gasteiger partial charge on any atom is -0.00676 e. The highest BCUT2D eigenvalue weighted by Crippen LogP contribution is 2.33. The lowest BCUT2D eigenvalue weighted by Crippen LogP contribution is -2.01. The number of hydrogen-bond donors (Lipinski definition) is 0. The van der Waals surface area contributed by atoms with Gasteiger partial charge in [0.25, 0.3) is 0 Å². The van der Waals surface area contributed by atoms with E-state index in [1.54, 1.807) is 0 Å². The first kappa shape index (κ1) is 12.9. The summed E-state index contributed by atoms with van der Waals surface area (Å²) in [5.41, 5.74) is 5.50. The number of rotatable bonds is 4. The summed E-state index contributed by atoms with van der Waals surface area (Å²) >= 11 is 0. The van der Waals surface area contributed by atoms with E-state index in [9.17, 15) is 0 Å². The predicted molar refractivity (Wildman–Crippen MR) is 78.8 cm³/mol. The van der Waals surface area contributed by atoms with Crippen molar-refractivity contribution in [2.45, 2.75) is 39.5 Å². The lowest BCUT2D eigenvalue weighted by Gasteiger charge is -2.19. The Hall–Kier alpha value is -1.56. The molecule has 0 fully saturated rings. The fourth-order valence-electron chi connectivity index (χ4n) is 2.47. The Kier molecular flexibility index (Phi) is 4.19. The van der Waals surface area contributed by atoms with Crippen LogP contribution in [0.3, 0.4) is 0 Å². The van der Waals surface area contributed by atoms with Gasteiger partial charge < -0.3 is 0 Å². The standard InChI is InChI=1S/C18H21/c1-4-14(3)18-15(5-2)12-9-13-17(18)16-10-7-6-8-11-16/h6-12,14H,4-5H2,1-3H3. The molecule has 1 radical (unpaired) electrons. The second-order valence-electron chi connectivity index (χ2n) is 4.82. The Balaban J connectivity index is 2.60. The maximum absolute atomic E-state index is 3.44. The van der Waals surface area contributed by atoms with Gasteiger partial charge in [0.2, 0.25) is 0 Å². The van der Waals surface area contributed by atoms with Gasteiger partial charge in [-0.15, -0.1) is 0 Å². The number of hydrogen-bond acceptors (Lipinski definition) is 0. The van der Waals surface area contributed by atoms with Crippen LogP contribution in [0, 0.1) is 6.07 Å². The lowest BCUT2D eigenvalue weighted by atomic mass is 9.85. The van der Waals surface area contributed by atoms with Crippen molar-refractivity contribution < 1.29 is 0 Å². The molecule has 1 atom stereocenters. The molecule has 0 aliphatic carbocycles. The Morgan fingerprint density at radius 2 is 1.78 bits per heavy atom. The fourth-order valence-corrected chi connectivity index (χ4v) is 2.47. The third-order valence-corrected chi connectivity index (χ3v) is 3.68. The SMILES string of the molecule is CCc1cc[c]c(-c2ccccc2)c1C(C)CC. The summed E-state index contributed by atoms with van der Waals surface area (Å²) in [7, 11) is 0. The largest absolute Gasteiger partial charge is 0.0648 e. The van der Waals surface area contributed by atoms with Gasteiger partial charge in [-0.05, 0) is 47.1 Å². The van der Waals surface area contributed by atoms with E-state index < -0.39 is 0 Å². The van der Waals surface area contributed by atoms with E-state index in [0.29, 0.717) is 5.92 Å². The van der Waals surface area contributed by atoms with Crippen LogP contribution in [0.4, 0.5) is 0 Å². The van der Waals surface area contributed by atoms with Crippen LogP contribution in [0.15, 0.2) is 42.5 Å². The molecule has 2 aromatic rings. The zero-order chi connectivity index (χ0) is 13.0. The van der Waals surface area contributed by atoms with Gasteiger partial charge in [-0.1, -0.05) is 63.2 Å².